The molecule has 0 aromatic carbocycles. The minimum Gasteiger partial charge on any atom is -0.394 e. The summed E-state index contributed by atoms with van der Waals surface area (Å²) in [6, 6.07) is 0. The molecule has 0 bridgehead atoms. The van der Waals surface area contributed by atoms with Crippen LogP contribution in [0.5, 0.6) is 0 Å². The van der Waals surface area contributed by atoms with Gasteiger partial charge in [-0.3, -0.25) is 0 Å². The summed E-state index contributed by atoms with van der Waals surface area (Å²) in [4.78, 5) is 0. The Bertz CT molecular complexity index is 401. The molecule has 0 radical (unpaired) electrons. The van der Waals surface area contributed by atoms with Gasteiger partial charge in [-0.2, -0.15) is 0 Å². The molecule has 0 unspecified atom stereocenters. The number of hydrogen-bond donors (Lipinski definition) is 3. The Hall–Kier alpha value is -0.460. The van der Waals surface area contributed by atoms with Crippen molar-refractivity contribution < 1.29 is 24.8 Å². The van der Waals surface area contributed by atoms with Crippen LogP contribution in [0.4, 0.5) is 0 Å². The molecule has 0 aliphatic carbocycles. The molecule has 1 aliphatic rings. The Morgan fingerprint density at radius 3 is 1.93 bits per heavy atom. The first kappa shape index (κ1) is 27.6. The number of unbranched alkanes of at least 4 members (excludes halogenated alkanes) is 13. The molecule has 178 valence electrons. The number of rotatable bonds is 20. The van der Waals surface area contributed by atoms with Crippen molar-refractivity contribution in [2.24, 2.45) is 0 Å². The fourth-order valence-corrected chi connectivity index (χ4v) is 4.07. The molecule has 1 heterocycles. The standard InChI is InChI=1S/C25H48O5/c1-2-3-4-5-6-7-8-9-10-11-12-13-14-15-16-17-18-19-29-25-23(28)21-30-24(25)22(27)20-26/h3-4,22-28H,2,5-21H2,1H3/b4-3+/t22-,23+,24+,25+/m1/s1. The Morgan fingerprint density at radius 2 is 1.40 bits per heavy atom. The van der Waals surface area contributed by atoms with Gasteiger partial charge < -0.3 is 24.8 Å². The Balaban J connectivity index is 1.82. The average molecular weight is 429 g/mol. The molecule has 0 aromatic rings. The van der Waals surface area contributed by atoms with E-state index in [1.54, 1.807) is 0 Å². The van der Waals surface area contributed by atoms with Crippen molar-refractivity contribution in [2.45, 2.75) is 128 Å². The maximum Gasteiger partial charge on any atom is 0.114 e. The number of aliphatic hydroxyl groups excluding tert-OH is 3. The van der Waals surface area contributed by atoms with Crippen molar-refractivity contribution >= 4 is 0 Å². The SMILES string of the molecule is CC/C=C/CCCCCCCCCCCCCCCO[C@@H]1[C@H]([C@H](O)CO)OC[C@@H]1O. The smallest absolute Gasteiger partial charge is 0.114 e. The number of hydrogen-bond acceptors (Lipinski definition) is 5. The van der Waals surface area contributed by atoms with Gasteiger partial charge in [-0.05, 0) is 25.7 Å². The van der Waals surface area contributed by atoms with Gasteiger partial charge in [0.1, 0.15) is 24.4 Å². The van der Waals surface area contributed by atoms with Crippen molar-refractivity contribution in [3.63, 3.8) is 0 Å². The third kappa shape index (κ3) is 13.1. The number of aliphatic hydroxyl groups is 3. The molecule has 0 aromatic heterocycles. The van der Waals surface area contributed by atoms with E-state index in [9.17, 15) is 10.2 Å². The van der Waals surface area contributed by atoms with Gasteiger partial charge in [0, 0.05) is 6.61 Å². The molecule has 5 heteroatoms. The van der Waals surface area contributed by atoms with E-state index in [0.717, 1.165) is 19.3 Å². The highest BCUT2D eigenvalue weighted by atomic mass is 16.6. The van der Waals surface area contributed by atoms with E-state index < -0.39 is 24.4 Å². The maximum atomic E-state index is 9.90. The Kier molecular flexibility index (Phi) is 17.7. The molecule has 5 nitrogen and oxygen atoms in total. The molecule has 1 fully saturated rings. The van der Waals surface area contributed by atoms with Crippen molar-refractivity contribution in [1.29, 1.82) is 0 Å². The third-order valence-electron chi connectivity index (χ3n) is 5.96. The first-order valence-electron chi connectivity index (χ1n) is 12.6. The van der Waals surface area contributed by atoms with Crippen LogP contribution in [0.1, 0.15) is 103 Å². The largest absolute Gasteiger partial charge is 0.394 e. The monoisotopic (exact) mass is 428 g/mol. The van der Waals surface area contributed by atoms with Crippen molar-refractivity contribution in [3.05, 3.63) is 12.2 Å². The maximum absolute atomic E-state index is 9.90. The molecule has 0 spiro atoms. The lowest BCUT2D eigenvalue weighted by Crippen LogP contribution is -2.42. The van der Waals surface area contributed by atoms with Gasteiger partial charge in [0.05, 0.1) is 13.2 Å². The molecule has 1 rings (SSSR count). The minimum atomic E-state index is -1.000. The van der Waals surface area contributed by atoms with E-state index in [2.05, 4.69) is 19.1 Å². The van der Waals surface area contributed by atoms with Crippen LogP contribution in [-0.2, 0) is 9.47 Å². The summed E-state index contributed by atoms with van der Waals surface area (Å²) in [5.41, 5.74) is 0. The summed E-state index contributed by atoms with van der Waals surface area (Å²) in [6.07, 6.45) is 21.1. The molecule has 1 aliphatic heterocycles. The van der Waals surface area contributed by atoms with E-state index in [1.807, 2.05) is 0 Å². The average Bonchev–Trinajstić information content (AvgIpc) is 3.12. The lowest BCUT2D eigenvalue weighted by Gasteiger charge is -2.23. The van der Waals surface area contributed by atoms with Gasteiger partial charge in [0.25, 0.3) is 0 Å². The highest BCUT2D eigenvalue weighted by Crippen LogP contribution is 2.21. The van der Waals surface area contributed by atoms with Crippen LogP contribution in [0.3, 0.4) is 0 Å². The van der Waals surface area contributed by atoms with Crippen molar-refractivity contribution in [2.75, 3.05) is 19.8 Å². The third-order valence-corrected chi connectivity index (χ3v) is 5.96. The Morgan fingerprint density at radius 1 is 0.867 bits per heavy atom. The second-order valence-electron chi connectivity index (χ2n) is 8.72. The molecule has 0 saturated carbocycles. The Labute approximate surface area is 184 Å². The van der Waals surface area contributed by atoms with Gasteiger partial charge in [-0.25, -0.2) is 0 Å². The number of ether oxygens (including phenoxy) is 2. The normalized spacial score (nSPS) is 22.9. The molecule has 3 N–H and O–H groups in total. The van der Waals surface area contributed by atoms with Crippen LogP contribution in [0.25, 0.3) is 0 Å². The van der Waals surface area contributed by atoms with Gasteiger partial charge in [-0.15, -0.1) is 0 Å². The summed E-state index contributed by atoms with van der Waals surface area (Å²) in [7, 11) is 0. The van der Waals surface area contributed by atoms with Crippen molar-refractivity contribution in [3.8, 4) is 0 Å². The minimum absolute atomic E-state index is 0.156. The lowest BCUT2D eigenvalue weighted by molar-refractivity contribution is -0.0938. The zero-order chi connectivity index (χ0) is 21.9. The van der Waals surface area contributed by atoms with E-state index in [1.165, 1.54) is 77.0 Å². The van der Waals surface area contributed by atoms with Gasteiger partial charge in [-0.1, -0.05) is 89.7 Å². The van der Waals surface area contributed by atoms with E-state index in [4.69, 9.17) is 14.6 Å². The van der Waals surface area contributed by atoms with Gasteiger partial charge in [0.2, 0.25) is 0 Å². The lowest BCUT2D eigenvalue weighted by atomic mass is 10.0. The quantitative estimate of drug-likeness (QED) is 0.190. The van der Waals surface area contributed by atoms with Gasteiger partial charge >= 0.3 is 0 Å². The first-order valence-corrected chi connectivity index (χ1v) is 12.6. The predicted octanol–water partition coefficient (Wildman–Crippen LogP) is 4.91. The molecule has 30 heavy (non-hydrogen) atoms. The second kappa shape index (κ2) is 19.2. The van der Waals surface area contributed by atoms with Crippen LogP contribution in [0.2, 0.25) is 0 Å². The summed E-state index contributed by atoms with van der Waals surface area (Å²) in [5, 5.41) is 28.7. The van der Waals surface area contributed by atoms with Crippen LogP contribution in [0.15, 0.2) is 12.2 Å². The van der Waals surface area contributed by atoms with Gasteiger partial charge in [0.15, 0.2) is 0 Å². The fraction of sp³-hybridized carbons (Fsp3) is 0.920. The van der Waals surface area contributed by atoms with E-state index >= 15 is 0 Å². The molecular weight excluding hydrogens is 380 g/mol. The molecule has 4 atom stereocenters. The zero-order valence-electron chi connectivity index (χ0n) is 19.4. The van der Waals surface area contributed by atoms with E-state index in [-0.39, 0.29) is 13.2 Å². The highest BCUT2D eigenvalue weighted by Gasteiger charge is 2.40. The summed E-state index contributed by atoms with van der Waals surface area (Å²) in [6.45, 7) is 2.53. The second-order valence-corrected chi connectivity index (χ2v) is 8.72. The summed E-state index contributed by atoms with van der Waals surface area (Å²) >= 11 is 0. The fourth-order valence-electron chi connectivity index (χ4n) is 4.07. The molecule has 1 saturated heterocycles. The topological polar surface area (TPSA) is 79.2 Å². The first-order chi connectivity index (χ1) is 14.7. The summed E-state index contributed by atoms with van der Waals surface area (Å²) < 4.78 is 11.1. The number of allylic oxidation sites excluding steroid dienone is 2. The van der Waals surface area contributed by atoms with Crippen LogP contribution in [0, 0.1) is 0 Å². The summed E-state index contributed by atoms with van der Waals surface area (Å²) in [5.74, 6) is 0. The van der Waals surface area contributed by atoms with Crippen LogP contribution < -0.4 is 0 Å². The zero-order valence-corrected chi connectivity index (χ0v) is 19.4. The molecular formula is C25H48O5. The highest BCUT2D eigenvalue weighted by molar-refractivity contribution is 4.89. The van der Waals surface area contributed by atoms with Crippen LogP contribution in [-0.4, -0.2) is 59.6 Å². The van der Waals surface area contributed by atoms with Crippen LogP contribution >= 0.6 is 0 Å². The van der Waals surface area contributed by atoms with Crippen molar-refractivity contribution in [1.82, 2.24) is 0 Å². The van der Waals surface area contributed by atoms with E-state index in [0.29, 0.717) is 6.61 Å². The predicted molar refractivity (Wildman–Crippen MR) is 123 cm³/mol. The molecule has 0 amide bonds.